The number of hydrogen-bond acceptors (Lipinski definition) is 5. The van der Waals surface area contributed by atoms with Gasteiger partial charge in [-0.15, -0.1) is 11.3 Å². The molecule has 0 N–H and O–H groups in total. The maximum absolute atomic E-state index is 13.2. The molecular formula is C24H22N4OS. The summed E-state index contributed by atoms with van der Waals surface area (Å²) in [5.41, 5.74) is 5.81. The van der Waals surface area contributed by atoms with E-state index in [4.69, 9.17) is 4.98 Å². The number of para-hydroxylation sites is 1. The number of thiophene rings is 1. The van der Waals surface area contributed by atoms with Crippen molar-refractivity contribution in [2.24, 2.45) is 0 Å². The van der Waals surface area contributed by atoms with Crippen molar-refractivity contribution in [3.05, 3.63) is 80.7 Å². The first-order valence-corrected chi connectivity index (χ1v) is 11.4. The zero-order valence-corrected chi connectivity index (χ0v) is 17.5. The fourth-order valence-electron chi connectivity index (χ4n) is 4.81. The molecule has 0 bridgehead atoms. The van der Waals surface area contributed by atoms with Crippen LogP contribution in [0.25, 0.3) is 21.6 Å². The molecule has 6 heteroatoms. The lowest BCUT2D eigenvalue weighted by Gasteiger charge is -2.28. The zero-order chi connectivity index (χ0) is 20.1. The lowest BCUT2D eigenvalue weighted by atomic mass is 9.99. The van der Waals surface area contributed by atoms with Crippen molar-refractivity contribution in [3.63, 3.8) is 0 Å². The van der Waals surface area contributed by atoms with Crippen molar-refractivity contribution < 1.29 is 0 Å². The number of pyridine rings is 1. The molecule has 30 heavy (non-hydrogen) atoms. The van der Waals surface area contributed by atoms with Crippen LogP contribution in [0.3, 0.4) is 0 Å². The molecule has 6 rings (SSSR count). The lowest BCUT2D eigenvalue weighted by Crippen LogP contribution is -2.35. The monoisotopic (exact) mass is 414 g/mol. The summed E-state index contributed by atoms with van der Waals surface area (Å²) in [7, 11) is 0. The Labute approximate surface area is 178 Å². The van der Waals surface area contributed by atoms with Gasteiger partial charge in [-0.2, -0.15) is 0 Å². The molecule has 0 spiro atoms. The fraction of sp³-hybridized carbons (Fsp3) is 0.292. The third kappa shape index (κ3) is 2.99. The number of benzene rings is 1. The molecule has 4 aromatic rings. The van der Waals surface area contributed by atoms with Gasteiger partial charge in [0.2, 0.25) is 0 Å². The molecule has 0 aliphatic carbocycles. The van der Waals surface area contributed by atoms with Crippen LogP contribution in [0, 0.1) is 0 Å². The molecule has 0 unspecified atom stereocenters. The van der Waals surface area contributed by atoms with E-state index in [9.17, 15) is 4.79 Å². The molecule has 0 saturated carbocycles. The summed E-state index contributed by atoms with van der Waals surface area (Å²) in [6, 6.07) is 12.6. The SMILES string of the molecule is O=c1c(CN2CCc3nc(-c4cccs4)ncc3C2)cc2cccc3c2n1CCC3. The van der Waals surface area contributed by atoms with Crippen LogP contribution in [0.4, 0.5) is 0 Å². The minimum atomic E-state index is 0.171. The Hall–Kier alpha value is -2.83. The highest BCUT2D eigenvalue weighted by Gasteiger charge is 2.22. The highest BCUT2D eigenvalue weighted by atomic mass is 32.1. The first-order valence-electron chi connectivity index (χ1n) is 10.5. The topological polar surface area (TPSA) is 51.0 Å². The standard InChI is InChI=1S/C24H22N4OS/c29-24-18(12-17-5-1-4-16-6-2-9-28(24)22(16)17)14-27-10-8-20-19(15-27)13-25-23(26-20)21-7-3-11-30-21/h1,3-5,7,11-13H,2,6,8-10,14-15H2. The predicted octanol–water partition coefficient (Wildman–Crippen LogP) is 4.02. The lowest BCUT2D eigenvalue weighted by molar-refractivity contribution is 0.241. The van der Waals surface area contributed by atoms with Gasteiger partial charge in [-0.25, -0.2) is 9.97 Å². The van der Waals surface area contributed by atoms with Gasteiger partial charge < -0.3 is 4.57 Å². The molecule has 3 aromatic heterocycles. The summed E-state index contributed by atoms with van der Waals surface area (Å²) in [6.07, 6.45) is 4.96. The van der Waals surface area contributed by atoms with Crippen molar-refractivity contribution >= 4 is 22.2 Å². The second kappa shape index (κ2) is 7.15. The molecule has 1 aromatic carbocycles. The number of hydrogen-bond donors (Lipinski definition) is 0. The molecule has 5 nitrogen and oxygen atoms in total. The molecule has 0 atom stereocenters. The van der Waals surface area contributed by atoms with E-state index in [1.807, 2.05) is 16.8 Å². The average Bonchev–Trinajstić information content (AvgIpc) is 3.32. The van der Waals surface area contributed by atoms with Gasteiger partial charge in [0.1, 0.15) is 0 Å². The van der Waals surface area contributed by atoms with Crippen LogP contribution in [-0.4, -0.2) is 26.0 Å². The number of fused-ring (bicyclic) bond motifs is 1. The molecule has 150 valence electrons. The molecule has 0 amide bonds. The minimum absolute atomic E-state index is 0.171. The molecule has 2 aliphatic heterocycles. The van der Waals surface area contributed by atoms with E-state index >= 15 is 0 Å². The highest BCUT2D eigenvalue weighted by Crippen LogP contribution is 2.26. The second-order valence-corrected chi connectivity index (χ2v) is 9.14. The zero-order valence-electron chi connectivity index (χ0n) is 16.7. The molecule has 0 fully saturated rings. The average molecular weight is 415 g/mol. The van der Waals surface area contributed by atoms with Crippen LogP contribution in [0.15, 0.2) is 52.8 Å². The predicted molar refractivity (Wildman–Crippen MR) is 120 cm³/mol. The van der Waals surface area contributed by atoms with E-state index in [0.717, 1.165) is 66.4 Å². The van der Waals surface area contributed by atoms with Crippen LogP contribution in [-0.2, 0) is 32.5 Å². The fourth-order valence-corrected chi connectivity index (χ4v) is 5.48. The first kappa shape index (κ1) is 18.0. The van der Waals surface area contributed by atoms with E-state index < -0.39 is 0 Å². The van der Waals surface area contributed by atoms with E-state index in [0.29, 0.717) is 6.54 Å². The van der Waals surface area contributed by atoms with Gasteiger partial charge in [0.05, 0.1) is 16.1 Å². The van der Waals surface area contributed by atoms with Crippen LogP contribution < -0.4 is 5.56 Å². The Morgan fingerprint density at radius 3 is 2.93 bits per heavy atom. The molecule has 2 aliphatic rings. The van der Waals surface area contributed by atoms with Crippen molar-refractivity contribution in [1.82, 2.24) is 19.4 Å². The Bertz CT molecular complexity index is 1310. The summed E-state index contributed by atoms with van der Waals surface area (Å²) in [5.74, 6) is 0.819. The summed E-state index contributed by atoms with van der Waals surface area (Å²) in [6.45, 7) is 3.19. The molecule has 0 saturated heterocycles. The van der Waals surface area contributed by atoms with Crippen LogP contribution >= 0.6 is 11.3 Å². The highest BCUT2D eigenvalue weighted by molar-refractivity contribution is 7.13. The summed E-state index contributed by atoms with van der Waals surface area (Å²) in [4.78, 5) is 26.1. The third-order valence-corrected chi connectivity index (χ3v) is 7.11. The number of aryl methyl sites for hydroxylation is 2. The van der Waals surface area contributed by atoms with E-state index in [-0.39, 0.29) is 5.56 Å². The summed E-state index contributed by atoms with van der Waals surface area (Å²) in [5, 5.41) is 3.24. The maximum atomic E-state index is 13.2. The second-order valence-electron chi connectivity index (χ2n) is 8.19. The molecule has 5 heterocycles. The first-order chi connectivity index (χ1) is 14.8. The van der Waals surface area contributed by atoms with E-state index in [1.165, 1.54) is 16.5 Å². The normalized spacial score (nSPS) is 16.0. The Morgan fingerprint density at radius 1 is 1.07 bits per heavy atom. The quantitative estimate of drug-likeness (QED) is 0.508. The van der Waals surface area contributed by atoms with Crippen molar-refractivity contribution in [1.29, 1.82) is 0 Å². The number of nitrogens with zero attached hydrogens (tertiary/aromatic N) is 4. The maximum Gasteiger partial charge on any atom is 0.255 e. The van der Waals surface area contributed by atoms with Crippen molar-refractivity contribution in [3.8, 4) is 10.7 Å². The Morgan fingerprint density at radius 2 is 2.03 bits per heavy atom. The third-order valence-electron chi connectivity index (χ3n) is 6.25. The number of aromatic nitrogens is 3. The van der Waals surface area contributed by atoms with E-state index in [2.05, 4.69) is 45.6 Å². The van der Waals surface area contributed by atoms with Gasteiger partial charge in [0.15, 0.2) is 5.82 Å². The van der Waals surface area contributed by atoms with Crippen LogP contribution in [0.5, 0.6) is 0 Å². The largest absolute Gasteiger partial charge is 0.308 e. The van der Waals surface area contributed by atoms with Gasteiger partial charge >= 0.3 is 0 Å². The van der Waals surface area contributed by atoms with Crippen LogP contribution in [0.2, 0.25) is 0 Å². The van der Waals surface area contributed by atoms with Crippen molar-refractivity contribution in [2.75, 3.05) is 6.54 Å². The molecular weight excluding hydrogens is 392 g/mol. The van der Waals surface area contributed by atoms with Gasteiger partial charge in [-0.3, -0.25) is 9.69 Å². The molecule has 0 radical (unpaired) electrons. The summed E-state index contributed by atoms with van der Waals surface area (Å²) >= 11 is 1.67. The van der Waals surface area contributed by atoms with E-state index in [1.54, 1.807) is 11.3 Å². The van der Waals surface area contributed by atoms with Gasteiger partial charge in [0, 0.05) is 49.9 Å². The van der Waals surface area contributed by atoms with Gasteiger partial charge in [-0.05, 0) is 41.3 Å². The smallest absolute Gasteiger partial charge is 0.255 e. The van der Waals surface area contributed by atoms with Gasteiger partial charge in [-0.1, -0.05) is 24.3 Å². The Kier molecular flexibility index (Phi) is 4.28. The summed E-state index contributed by atoms with van der Waals surface area (Å²) < 4.78 is 2.00. The Balaban J connectivity index is 1.29. The van der Waals surface area contributed by atoms with Gasteiger partial charge in [0.25, 0.3) is 5.56 Å². The van der Waals surface area contributed by atoms with Crippen molar-refractivity contribution in [2.45, 2.75) is 38.9 Å². The van der Waals surface area contributed by atoms with Crippen LogP contribution in [0.1, 0.15) is 28.8 Å². The number of rotatable bonds is 3. The minimum Gasteiger partial charge on any atom is -0.308 e.